The summed E-state index contributed by atoms with van der Waals surface area (Å²) >= 11 is 0. The van der Waals surface area contributed by atoms with Crippen LogP contribution in [0.25, 0.3) is 5.32 Å². The summed E-state index contributed by atoms with van der Waals surface area (Å²) in [5.41, 5.74) is 6.34. The van der Waals surface area contributed by atoms with E-state index in [0.717, 1.165) is 22.6 Å². The molecule has 0 heterocycles. The zero-order valence-corrected chi connectivity index (χ0v) is 30.9. The predicted octanol–water partition coefficient (Wildman–Crippen LogP) is 13.1. The molecule has 3 aromatic carbocycles. The first-order valence-electron chi connectivity index (χ1n) is 18.8. The molecule has 0 radical (unpaired) electrons. The van der Waals surface area contributed by atoms with Crippen LogP contribution in [0.3, 0.4) is 0 Å². The molecule has 0 atom stereocenters. The van der Waals surface area contributed by atoms with Crippen LogP contribution < -0.4 is 10.6 Å². The molecule has 250 valence electrons. The van der Waals surface area contributed by atoms with Gasteiger partial charge in [0.1, 0.15) is 0 Å². The number of hydrogen-bond donors (Lipinski definition) is 0. The number of rotatable bonds is 8. The maximum atomic E-state index is 5.69. The molecule has 1 nitrogen and oxygen atoms in total. The molecule has 4 saturated carbocycles. The number of hydrogen-bond acceptors (Lipinski definition) is 0. The van der Waals surface area contributed by atoms with E-state index < -0.39 is 0 Å². The van der Waals surface area contributed by atoms with Gasteiger partial charge in [-0.05, 0) is 84.6 Å². The summed E-state index contributed by atoms with van der Waals surface area (Å²) in [5.74, 6) is 0. The molecule has 7 rings (SSSR count). The molecule has 4 aliphatic carbocycles. The zero-order valence-electron chi connectivity index (χ0n) is 28.1. The van der Waals surface area contributed by atoms with E-state index in [4.69, 9.17) is 5.32 Å². The van der Waals surface area contributed by atoms with E-state index >= 15 is 0 Å². The van der Waals surface area contributed by atoms with E-state index in [1.54, 1.807) is 10.6 Å². The van der Waals surface area contributed by atoms with Gasteiger partial charge in [-0.25, -0.2) is 0 Å². The average Bonchev–Trinajstić information content (AvgIpc) is 3.13. The van der Waals surface area contributed by atoms with Gasteiger partial charge in [0.25, 0.3) is 0 Å². The summed E-state index contributed by atoms with van der Waals surface area (Å²) in [6.07, 6.45) is 29.1. The molecular formula is C42H57NNiP2. The smallest absolute Gasteiger partial charge is 0.657 e. The van der Waals surface area contributed by atoms with Crippen LogP contribution in [0.1, 0.15) is 128 Å². The molecule has 0 saturated heterocycles. The van der Waals surface area contributed by atoms with Gasteiger partial charge in [0, 0.05) is 0 Å². The van der Waals surface area contributed by atoms with Gasteiger partial charge in [-0.1, -0.05) is 141 Å². The van der Waals surface area contributed by atoms with Gasteiger partial charge in [-0.3, -0.25) is 0 Å². The quantitative estimate of drug-likeness (QED) is 0.126. The molecule has 46 heavy (non-hydrogen) atoms. The minimum atomic E-state index is -0.147. The maximum absolute atomic E-state index is 5.69. The fraction of sp³-hybridized carbons (Fsp3) is 0.571. The van der Waals surface area contributed by atoms with Crippen LogP contribution in [-0.2, 0) is 16.5 Å². The summed E-state index contributed by atoms with van der Waals surface area (Å²) < 4.78 is 0. The number of para-hydroxylation sites is 2. The topological polar surface area (TPSA) is 14.1 Å². The molecule has 0 amide bonds. The van der Waals surface area contributed by atoms with E-state index in [-0.39, 0.29) is 32.3 Å². The van der Waals surface area contributed by atoms with Crippen molar-refractivity contribution in [3.63, 3.8) is 0 Å². The van der Waals surface area contributed by atoms with Crippen LogP contribution in [0.15, 0.2) is 78.9 Å². The van der Waals surface area contributed by atoms with Crippen LogP contribution in [0.5, 0.6) is 0 Å². The Bertz CT molecular complexity index is 1100. The van der Waals surface area contributed by atoms with Gasteiger partial charge >= 0.3 is 16.5 Å². The zero-order chi connectivity index (χ0) is 30.5. The van der Waals surface area contributed by atoms with Crippen LogP contribution in [0, 0.1) is 6.07 Å². The van der Waals surface area contributed by atoms with E-state index in [2.05, 4.69) is 54.6 Å². The molecule has 0 aromatic heterocycles. The molecule has 0 N–H and O–H groups in total. The van der Waals surface area contributed by atoms with Crippen molar-refractivity contribution in [2.24, 2.45) is 0 Å². The first-order chi connectivity index (χ1) is 22.4. The second kappa shape index (κ2) is 19.7. The van der Waals surface area contributed by atoms with Crippen molar-refractivity contribution in [3.8, 4) is 0 Å². The fourth-order valence-corrected chi connectivity index (χ4v) is 16.6. The van der Waals surface area contributed by atoms with E-state index in [9.17, 15) is 0 Å². The third-order valence-corrected chi connectivity index (χ3v) is 18.1. The maximum Gasteiger partial charge on any atom is 2.00 e. The second-order valence-electron chi connectivity index (χ2n) is 14.1. The summed E-state index contributed by atoms with van der Waals surface area (Å²) in [4.78, 5) is 0. The van der Waals surface area contributed by atoms with Crippen molar-refractivity contribution in [1.82, 2.24) is 0 Å². The third-order valence-electron chi connectivity index (χ3n) is 11.0. The van der Waals surface area contributed by atoms with Crippen molar-refractivity contribution in [3.05, 3.63) is 90.2 Å². The molecular weight excluding hydrogens is 639 g/mol. The molecule has 0 unspecified atom stereocenters. The Morgan fingerprint density at radius 1 is 0.413 bits per heavy atom. The molecule has 0 aliphatic heterocycles. The molecule has 3 aromatic rings. The molecule has 4 aliphatic rings. The second-order valence-corrected chi connectivity index (χ2v) is 19.7. The van der Waals surface area contributed by atoms with Crippen LogP contribution in [0.2, 0.25) is 0 Å². The van der Waals surface area contributed by atoms with Gasteiger partial charge in [-0.2, -0.15) is 36.4 Å². The summed E-state index contributed by atoms with van der Waals surface area (Å²) in [5, 5.41) is 9.00. The minimum absolute atomic E-state index is 0. The van der Waals surface area contributed by atoms with Gasteiger partial charge in [0.15, 0.2) is 0 Å². The van der Waals surface area contributed by atoms with Crippen molar-refractivity contribution < 1.29 is 16.5 Å². The van der Waals surface area contributed by atoms with Crippen molar-refractivity contribution >= 4 is 37.8 Å². The van der Waals surface area contributed by atoms with Crippen molar-refractivity contribution in [2.75, 3.05) is 0 Å². The Kier molecular flexibility index (Phi) is 15.5. The summed E-state index contributed by atoms with van der Waals surface area (Å²) in [6.45, 7) is 0. The Morgan fingerprint density at radius 3 is 1.02 bits per heavy atom. The van der Waals surface area contributed by atoms with Gasteiger partial charge in [-0.15, -0.1) is 11.4 Å². The van der Waals surface area contributed by atoms with Gasteiger partial charge in [0.05, 0.1) is 0 Å². The molecule has 4 heteroatoms. The predicted molar refractivity (Wildman–Crippen MR) is 201 cm³/mol. The summed E-state index contributed by atoms with van der Waals surface area (Å²) in [7, 11) is -0.294. The van der Waals surface area contributed by atoms with Crippen molar-refractivity contribution in [1.29, 1.82) is 0 Å². The Balaban J connectivity index is 0.000000536. The Morgan fingerprint density at radius 2 is 0.739 bits per heavy atom. The largest absolute Gasteiger partial charge is 2.00 e. The van der Waals surface area contributed by atoms with Gasteiger partial charge < -0.3 is 5.32 Å². The SMILES string of the molecule is [Ni+2].[c-]1ccccc1.c1ccc(P(C2CCCCC2)C2CCCCC2)c([N-]c2ccccc2P(C2CCCCC2)C2CCCCC2)c1. The monoisotopic (exact) mass is 695 g/mol. The molecule has 0 spiro atoms. The van der Waals surface area contributed by atoms with E-state index in [1.807, 2.05) is 30.3 Å². The normalized spacial score (nSPS) is 20.5. The van der Waals surface area contributed by atoms with Gasteiger partial charge in [0.2, 0.25) is 0 Å². The third kappa shape index (κ3) is 9.93. The number of nitrogens with zero attached hydrogens (tertiary/aromatic N) is 1. The molecule has 4 fully saturated rings. The van der Waals surface area contributed by atoms with Crippen LogP contribution in [0.4, 0.5) is 11.4 Å². The average molecular weight is 697 g/mol. The number of benzene rings is 3. The molecule has 0 bridgehead atoms. The first kappa shape index (κ1) is 36.1. The first-order valence-corrected chi connectivity index (χ1v) is 21.7. The fourth-order valence-electron chi connectivity index (χ4n) is 8.85. The summed E-state index contributed by atoms with van der Waals surface area (Å²) in [6, 6.07) is 31.5. The van der Waals surface area contributed by atoms with Crippen LogP contribution >= 0.6 is 15.8 Å². The standard InChI is InChI=1S/C36H52NP2.C6H5.Ni/c1-5-17-29(18-6-1)38(30-19-7-2-8-20-30)35-27-15-13-25-33(35)37-34-26-14-16-28-36(34)39(31-21-9-3-10-22-31)32-23-11-4-12-24-32;1-2-4-6-5-3-1;/h13-16,25-32H,1-12,17-24H2;1-5H;/q2*-1;+2. The van der Waals surface area contributed by atoms with E-state index in [1.165, 1.54) is 140 Å². The van der Waals surface area contributed by atoms with Crippen LogP contribution in [-0.4, -0.2) is 22.6 Å². The van der Waals surface area contributed by atoms with E-state index in [0.29, 0.717) is 0 Å². The minimum Gasteiger partial charge on any atom is -0.657 e. The Labute approximate surface area is 294 Å². The van der Waals surface area contributed by atoms with Crippen molar-refractivity contribution in [2.45, 2.75) is 151 Å². The Hall–Kier alpha value is -1.19.